The van der Waals surface area contributed by atoms with Gasteiger partial charge >= 0.3 is 17.9 Å². The number of imidazole rings is 1. The summed E-state index contributed by atoms with van der Waals surface area (Å²) in [6.45, 7) is 0.0763. The molecule has 1 fully saturated rings. The minimum atomic E-state index is -1.44. The fourth-order valence-electron chi connectivity index (χ4n) is 5.58. The van der Waals surface area contributed by atoms with E-state index < -0.39 is 55.2 Å². The lowest BCUT2D eigenvalue weighted by molar-refractivity contribution is -0.671. The topological polar surface area (TPSA) is 126 Å². The van der Waals surface area contributed by atoms with Gasteiger partial charge in [0.15, 0.2) is 24.6 Å². The van der Waals surface area contributed by atoms with Crippen molar-refractivity contribution in [1.82, 2.24) is 4.57 Å². The molecule has 50 heavy (non-hydrogen) atoms. The number of hydrogen-bond acceptors (Lipinski definition) is 9. The second-order valence-corrected chi connectivity index (χ2v) is 11.8. The molecule has 1 aliphatic rings. The van der Waals surface area contributed by atoms with Gasteiger partial charge in [0.05, 0.1) is 37.0 Å². The molecule has 256 valence electrons. The van der Waals surface area contributed by atoms with Crippen molar-refractivity contribution >= 4 is 17.9 Å². The number of aliphatic hydroxyl groups is 1. The number of hydrogen-bond donors (Lipinski definition) is 1. The van der Waals surface area contributed by atoms with E-state index in [0.29, 0.717) is 6.54 Å². The number of ether oxygens (including phenoxy) is 5. The zero-order valence-corrected chi connectivity index (χ0v) is 27.3. The largest absolute Gasteiger partial charge is 0.452 e. The smallest absolute Gasteiger partial charge is 0.338 e. The Hall–Kier alpha value is -5.62. The zero-order chi connectivity index (χ0) is 34.9. The molecule has 0 bridgehead atoms. The van der Waals surface area contributed by atoms with E-state index in [0.717, 1.165) is 11.1 Å². The van der Waals surface area contributed by atoms with E-state index in [9.17, 15) is 19.5 Å². The highest BCUT2D eigenvalue weighted by Crippen LogP contribution is 2.31. The average Bonchev–Trinajstić information content (AvgIpc) is 3.57. The summed E-state index contributed by atoms with van der Waals surface area (Å²) < 4.78 is 34.2. The Kier molecular flexibility index (Phi) is 11.1. The number of carbonyl (C=O) groups is 3. The van der Waals surface area contributed by atoms with E-state index in [1.54, 1.807) is 91.0 Å². The predicted octanol–water partition coefficient (Wildman–Crippen LogP) is 4.27. The number of aliphatic hydroxyl groups excluding tert-OH is 1. The van der Waals surface area contributed by atoms with Crippen LogP contribution in [0.4, 0.5) is 0 Å². The summed E-state index contributed by atoms with van der Waals surface area (Å²) in [5, 5.41) is 10.5. The fourth-order valence-corrected chi connectivity index (χ4v) is 5.58. The fraction of sp³-hybridized carbons (Fsp3) is 0.231. The summed E-state index contributed by atoms with van der Waals surface area (Å²) in [5.41, 5.74) is 2.53. The minimum absolute atomic E-state index is 0.0226. The summed E-state index contributed by atoms with van der Waals surface area (Å²) in [5.74, 6) is -2.26. The molecule has 2 heterocycles. The molecule has 0 aliphatic carbocycles. The van der Waals surface area contributed by atoms with Crippen LogP contribution in [0.1, 0.15) is 42.2 Å². The number of benzene rings is 4. The van der Waals surface area contributed by atoms with E-state index >= 15 is 0 Å². The van der Waals surface area contributed by atoms with Crippen LogP contribution in [-0.2, 0) is 43.9 Å². The maximum Gasteiger partial charge on any atom is 0.338 e. The zero-order valence-electron chi connectivity index (χ0n) is 27.3. The molecule has 1 N–H and O–H groups in total. The highest BCUT2D eigenvalue weighted by atomic mass is 16.7. The third-order valence-corrected chi connectivity index (χ3v) is 8.16. The van der Waals surface area contributed by atoms with Crippen molar-refractivity contribution < 1.29 is 47.7 Å². The lowest BCUT2D eigenvalue weighted by atomic mass is 9.97. The molecule has 5 atom stereocenters. The molecular formula is C39H37N2O9+. The minimum Gasteiger partial charge on any atom is -0.452 e. The van der Waals surface area contributed by atoms with E-state index in [1.807, 2.05) is 54.6 Å². The van der Waals surface area contributed by atoms with Crippen LogP contribution >= 0.6 is 0 Å². The molecular weight excluding hydrogens is 640 g/mol. The second-order valence-electron chi connectivity index (χ2n) is 11.8. The predicted molar refractivity (Wildman–Crippen MR) is 179 cm³/mol. The number of nitrogens with zero attached hydrogens (tertiary/aromatic N) is 2. The van der Waals surface area contributed by atoms with Gasteiger partial charge in [-0.25, -0.2) is 23.5 Å². The molecule has 4 aromatic carbocycles. The van der Waals surface area contributed by atoms with Crippen molar-refractivity contribution in [3.63, 3.8) is 0 Å². The van der Waals surface area contributed by atoms with Crippen molar-refractivity contribution in [2.24, 2.45) is 7.05 Å². The molecule has 0 amide bonds. The molecule has 1 aromatic heterocycles. The van der Waals surface area contributed by atoms with Gasteiger partial charge in [0.1, 0.15) is 25.0 Å². The standard InChI is InChI=1S/C39H37N2O9/c1-40-21-22-41(26-40)23-27-17-19-28(20-18-27)25-46-39-35(50-38(45)31-15-9-4-10-16-31)34(49-37(44)30-13-7-3-8-14-30)33(32(24-42)47-39)48-36(43)29-11-5-2-6-12-29/h2-22,26,32-35,39,42H,23-25H2,1H3/q+1/t32-,33-,34+,35-,39-/m1/s1. The van der Waals surface area contributed by atoms with Crippen molar-refractivity contribution in [2.75, 3.05) is 6.61 Å². The summed E-state index contributed by atoms with van der Waals surface area (Å²) in [4.78, 5) is 40.3. The first-order valence-electron chi connectivity index (χ1n) is 16.1. The Morgan fingerprint density at radius 3 is 1.64 bits per heavy atom. The number of aromatic nitrogens is 2. The molecule has 1 saturated heterocycles. The lowest BCUT2D eigenvalue weighted by Crippen LogP contribution is -2.62. The van der Waals surface area contributed by atoms with Gasteiger partial charge in [-0.05, 0) is 47.5 Å². The molecule has 0 unspecified atom stereocenters. The van der Waals surface area contributed by atoms with Gasteiger partial charge in [0.25, 0.3) is 0 Å². The first-order chi connectivity index (χ1) is 24.4. The Bertz CT molecular complexity index is 1860. The van der Waals surface area contributed by atoms with Crippen LogP contribution in [0.5, 0.6) is 0 Å². The summed E-state index contributed by atoms with van der Waals surface area (Å²) >= 11 is 0. The van der Waals surface area contributed by atoms with Gasteiger partial charge < -0.3 is 28.8 Å². The Morgan fingerprint density at radius 2 is 1.16 bits per heavy atom. The first-order valence-corrected chi connectivity index (χ1v) is 16.1. The SMILES string of the molecule is C[n+]1ccn(Cc2ccc(CO[C@@H]3O[C@H](CO)[C@@H](OC(=O)c4ccccc4)[C@H](OC(=O)c4ccccc4)[C@H]3OC(=O)c3ccccc3)cc2)c1. The number of carbonyl (C=O) groups excluding carboxylic acids is 3. The van der Waals surface area contributed by atoms with Crippen LogP contribution in [0.2, 0.25) is 0 Å². The van der Waals surface area contributed by atoms with Gasteiger partial charge in [0, 0.05) is 0 Å². The van der Waals surface area contributed by atoms with Crippen LogP contribution in [0.15, 0.2) is 134 Å². The molecule has 6 rings (SSSR count). The van der Waals surface area contributed by atoms with E-state index in [4.69, 9.17) is 23.7 Å². The molecule has 11 nitrogen and oxygen atoms in total. The van der Waals surface area contributed by atoms with Gasteiger partial charge in [-0.15, -0.1) is 0 Å². The van der Waals surface area contributed by atoms with Gasteiger partial charge in [-0.1, -0.05) is 78.9 Å². The Morgan fingerprint density at radius 1 is 0.680 bits per heavy atom. The van der Waals surface area contributed by atoms with Crippen LogP contribution in [-0.4, -0.2) is 64.9 Å². The Labute approximate surface area is 289 Å². The molecule has 11 heteroatoms. The number of esters is 3. The van der Waals surface area contributed by atoms with Crippen LogP contribution in [0.25, 0.3) is 0 Å². The summed E-state index contributed by atoms with van der Waals surface area (Å²) in [6, 6.07) is 32.5. The normalized spacial score (nSPS) is 20.1. The van der Waals surface area contributed by atoms with Crippen LogP contribution in [0, 0.1) is 0 Å². The van der Waals surface area contributed by atoms with Crippen molar-refractivity contribution in [1.29, 1.82) is 0 Å². The summed E-state index contributed by atoms with van der Waals surface area (Å²) in [6.07, 6.45) is -0.856. The van der Waals surface area contributed by atoms with Gasteiger partial charge in [-0.3, -0.25) is 0 Å². The molecule has 5 aromatic rings. The number of aryl methyl sites for hydroxylation is 1. The quantitative estimate of drug-likeness (QED) is 0.117. The molecule has 1 aliphatic heterocycles. The first kappa shape index (κ1) is 34.3. The highest BCUT2D eigenvalue weighted by molar-refractivity contribution is 5.91. The maximum atomic E-state index is 13.5. The third-order valence-electron chi connectivity index (χ3n) is 8.16. The maximum absolute atomic E-state index is 13.5. The third kappa shape index (κ3) is 8.50. The molecule has 0 radical (unpaired) electrons. The van der Waals surface area contributed by atoms with Crippen molar-refractivity contribution in [3.8, 4) is 0 Å². The van der Waals surface area contributed by atoms with Crippen LogP contribution < -0.4 is 4.57 Å². The molecule has 0 saturated carbocycles. The Balaban J connectivity index is 1.29. The van der Waals surface area contributed by atoms with Gasteiger partial charge in [-0.2, -0.15) is 0 Å². The van der Waals surface area contributed by atoms with E-state index in [1.165, 1.54) is 0 Å². The number of rotatable bonds is 12. The van der Waals surface area contributed by atoms with Crippen LogP contribution in [0.3, 0.4) is 0 Å². The monoisotopic (exact) mass is 677 g/mol. The van der Waals surface area contributed by atoms with E-state index in [-0.39, 0.29) is 23.3 Å². The molecule has 0 spiro atoms. The highest BCUT2D eigenvalue weighted by Gasteiger charge is 2.53. The van der Waals surface area contributed by atoms with Gasteiger partial charge in [0.2, 0.25) is 6.33 Å². The second kappa shape index (κ2) is 16.2. The summed E-state index contributed by atoms with van der Waals surface area (Å²) in [7, 11) is 1.96. The van der Waals surface area contributed by atoms with Crippen molar-refractivity contribution in [3.05, 3.63) is 162 Å². The van der Waals surface area contributed by atoms with Crippen molar-refractivity contribution in [2.45, 2.75) is 43.9 Å². The van der Waals surface area contributed by atoms with E-state index in [2.05, 4.69) is 4.57 Å². The lowest BCUT2D eigenvalue weighted by Gasteiger charge is -2.44. The average molecular weight is 678 g/mol.